The first-order chi connectivity index (χ1) is 14.5. The topological polar surface area (TPSA) is 0 Å². The molecular weight excluding hydrogens is 527 g/mol. The third kappa shape index (κ3) is 5.82. The Labute approximate surface area is 200 Å². The van der Waals surface area contributed by atoms with Gasteiger partial charge in [-0.3, -0.25) is 0 Å². The molecule has 0 aliphatic rings. The van der Waals surface area contributed by atoms with E-state index >= 15 is 0 Å². The number of aryl methyl sites for hydroxylation is 2. The molecule has 3 aromatic heterocycles. The van der Waals surface area contributed by atoms with E-state index in [4.69, 9.17) is 0 Å². The van der Waals surface area contributed by atoms with E-state index in [9.17, 15) is 0 Å². The maximum atomic E-state index is 2.69. The molecule has 4 heteroatoms. The van der Waals surface area contributed by atoms with Gasteiger partial charge in [-0.1, -0.05) is 0 Å². The molecule has 164 valence electrons. The van der Waals surface area contributed by atoms with E-state index in [0.717, 1.165) is 0 Å². The molecule has 3 aromatic rings. The molecule has 0 unspecified atom stereocenters. The molecule has 0 saturated carbocycles. The second kappa shape index (κ2) is 11.7. The fourth-order valence-electron chi connectivity index (χ4n) is 4.44. The molecule has 0 atom stereocenters. The molecule has 0 radical (unpaired) electrons. The summed E-state index contributed by atoms with van der Waals surface area (Å²) in [4.78, 5) is 7.34. The van der Waals surface area contributed by atoms with Crippen molar-refractivity contribution in [2.75, 3.05) is 0 Å². The van der Waals surface area contributed by atoms with Crippen molar-refractivity contribution in [3.63, 3.8) is 0 Å². The van der Waals surface area contributed by atoms with Crippen LogP contribution in [0.4, 0.5) is 0 Å². The van der Waals surface area contributed by atoms with Gasteiger partial charge in [-0.05, 0) is 0 Å². The van der Waals surface area contributed by atoms with Gasteiger partial charge in [0.05, 0.1) is 0 Å². The fourth-order valence-corrected chi connectivity index (χ4v) is 26.7. The van der Waals surface area contributed by atoms with Crippen LogP contribution in [0.25, 0.3) is 20.2 Å². The summed E-state index contributed by atoms with van der Waals surface area (Å²) in [6.07, 6.45) is 8.33. The van der Waals surface area contributed by atoms with Gasteiger partial charge in [0.2, 0.25) is 0 Å². The Balaban J connectivity index is 2.13. The Morgan fingerprint density at radius 2 is 1.17 bits per heavy atom. The van der Waals surface area contributed by atoms with Gasteiger partial charge in [0.15, 0.2) is 0 Å². The molecular formula is C26H38S3Sn. The van der Waals surface area contributed by atoms with Crippen LogP contribution in [-0.4, -0.2) is 18.4 Å². The first kappa shape index (κ1) is 24.5. The minimum absolute atomic E-state index is 1.34. The minimum atomic E-state index is -2.41. The third-order valence-corrected chi connectivity index (χ3v) is 27.8. The van der Waals surface area contributed by atoms with Crippen LogP contribution in [0.3, 0.4) is 0 Å². The van der Waals surface area contributed by atoms with Gasteiger partial charge in [0, 0.05) is 0 Å². The summed E-state index contributed by atoms with van der Waals surface area (Å²) >= 11 is 3.73. The average molecular weight is 566 g/mol. The number of unbranched alkanes of at least 4 members (excludes halogenated alkanes) is 3. The van der Waals surface area contributed by atoms with E-state index in [1.54, 1.807) is 18.2 Å². The van der Waals surface area contributed by atoms with Crippen LogP contribution in [0.1, 0.15) is 69.1 Å². The van der Waals surface area contributed by atoms with Crippen molar-refractivity contribution in [1.29, 1.82) is 0 Å². The molecule has 0 aliphatic heterocycles. The third-order valence-electron chi connectivity index (χ3n) is 6.25. The van der Waals surface area contributed by atoms with Crippen molar-refractivity contribution in [2.24, 2.45) is 0 Å². The predicted octanol–water partition coefficient (Wildman–Crippen LogP) is 9.88. The Morgan fingerprint density at radius 1 is 0.667 bits per heavy atom. The molecule has 0 aliphatic carbocycles. The van der Waals surface area contributed by atoms with Crippen molar-refractivity contribution in [2.45, 2.75) is 86.5 Å². The molecule has 0 fully saturated rings. The molecule has 0 aromatic carbocycles. The zero-order chi connectivity index (χ0) is 21.6. The molecule has 0 amide bonds. The molecule has 3 rings (SSSR count). The summed E-state index contributed by atoms with van der Waals surface area (Å²) in [5.41, 5.74) is 1.53. The van der Waals surface area contributed by atoms with Gasteiger partial charge in [-0.25, -0.2) is 0 Å². The number of thiophene rings is 3. The van der Waals surface area contributed by atoms with Crippen LogP contribution in [0.5, 0.6) is 0 Å². The van der Waals surface area contributed by atoms with Crippen molar-refractivity contribution < 1.29 is 0 Å². The van der Waals surface area contributed by atoms with Crippen LogP contribution in [0, 0.1) is 13.8 Å². The Hall–Kier alpha value is -0.101. The molecule has 0 saturated heterocycles. The van der Waals surface area contributed by atoms with Crippen molar-refractivity contribution >= 4 is 55.3 Å². The quantitative estimate of drug-likeness (QED) is 0.192. The second-order valence-electron chi connectivity index (χ2n) is 8.77. The number of hydrogen-bond donors (Lipinski definition) is 0. The molecule has 3 heterocycles. The van der Waals surface area contributed by atoms with Crippen LogP contribution in [-0.2, 0) is 0 Å². The van der Waals surface area contributed by atoms with Crippen molar-refractivity contribution in [3.8, 4) is 20.2 Å². The summed E-state index contributed by atoms with van der Waals surface area (Å²) in [6.45, 7) is 11.6. The standard InChI is InChI=1S/C14H11S3.3C4H9.Sn/c1-9-3-5-12(16-9)11-7-8-15-14(11)13-6-4-10(2)17-13;3*1-3-4-2;/h3-7H,1-2H3;3*1,3-4H2,2H3;. The van der Waals surface area contributed by atoms with E-state index < -0.39 is 18.4 Å². The van der Waals surface area contributed by atoms with Crippen LogP contribution < -0.4 is 2.89 Å². The van der Waals surface area contributed by atoms with E-state index in [1.807, 2.05) is 25.6 Å². The van der Waals surface area contributed by atoms with E-state index in [2.05, 4.69) is 76.3 Å². The zero-order valence-corrected chi connectivity index (χ0v) is 24.8. The van der Waals surface area contributed by atoms with E-state index in [0.29, 0.717) is 0 Å². The normalized spacial score (nSPS) is 12.0. The summed E-state index contributed by atoms with van der Waals surface area (Å²) in [7, 11) is 0. The van der Waals surface area contributed by atoms with Crippen LogP contribution >= 0.6 is 34.0 Å². The summed E-state index contributed by atoms with van der Waals surface area (Å²) < 4.78 is 6.52. The Kier molecular flexibility index (Phi) is 9.55. The first-order valence-electron chi connectivity index (χ1n) is 11.8. The van der Waals surface area contributed by atoms with Gasteiger partial charge in [-0.2, -0.15) is 0 Å². The summed E-state index contributed by atoms with van der Waals surface area (Å²) in [5, 5.41) is 0. The second-order valence-corrected chi connectivity index (χ2v) is 26.6. The van der Waals surface area contributed by atoms with E-state index in [-0.39, 0.29) is 0 Å². The molecule has 30 heavy (non-hydrogen) atoms. The SMILES string of the molecule is CCC[CH2][Sn]([CH2]CCC)([CH2]CCC)[c]1cc(-c2ccc(C)s2)c(-c2ccc(C)s2)s1. The number of rotatable bonds is 12. The summed E-state index contributed by atoms with van der Waals surface area (Å²) in [5.74, 6) is 0. The van der Waals surface area contributed by atoms with Gasteiger partial charge in [0.25, 0.3) is 0 Å². The fraction of sp³-hybridized carbons (Fsp3) is 0.538. The molecule has 0 bridgehead atoms. The Bertz CT molecular complexity index is 835. The zero-order valence-electron chi connectivity index (χ0n) is 19.5. The predicted molar refractivity (Wildman–Crippen MR) is 145 cm³/mol. The van der Waals surface area contributed by atoms with Gasteiger partial charge in [-0.15, -0.1) is 0 Å². The molecule has 0 N–H and O–H groups in total. The van der Waals surface area contributed by atoms with E-state index in [1.165, 1.54) is 63.6 Å². The number of hydrogen-bond acceptors (Lipinski definition) is 3. The summed E-state index contributed by atoms with van der Waals surface area (Å²) in [6, 6.07) is 12.0. The van der Waals surface area contributed by atoms with Crippen LogP contribution in [0.2, 0.25) is 13.3 Å². The molecule has 0 nitrogen and oxygen atoms in total. The van der Waals surface area contributed by atoms with Crippen molar-refractivity contribution in [1.82, 2.24) is 0 Å². The van der Waals surface area contributed by atoms with Gasteiger partial charge in [0.1, 0.15) is 0 Å². The Morgan fingerprint density at radius 3 is 1.60 bits per heavy atom. The monoisotopic (exact) mass is 566 g/mol. The van der Waals surface area contributed by atoms with Gasteiger partial charge >= 0.3 is 202 Å². The van der Waals surface area contributed by atoms with Gasteiger partial charge < -0.3 is 0 Å². The van der Waals surface area contributed by atoms with Crippen molar-refractivity contribution in [3.05, 3.63) is 40.1 Å². The van der Waals surface area contributed by atoms with Crippen LogP contribution in [0.15, 0.2) is 30.3 Å². The molecule has 0 spiro atoms. The average Bonchev–Trinajstić information content (AvgIpc) is 3.47. The maximum absolute atomic E-state index is 2.69. The first-order valence-corrected chi connectivity index (χ1v) is 21.7.